The Morgan fingerprint density at radius 1 is 1.47 bits per heavy atom. The summed E-state index contributed by atoms with van der Waals surface area (Å²) in [6, 6.07) is 5.40. The summed E-state index contributed by atoms with van der Waals surface area (Å²) in [5.74, 6) is 0.624. The largest absolute Gasteiger partial charge is 0.385 e. The maximum absolute atomic E-state index is 11.7. The van der Waals surface area contributed by atoms with E-state index in [-0.39, 0.29) is 5.91 Å². The van der Waals surface area contributed by atoms with Crippen LogP contribution < -0.4 is 10.2 Å². The Labute approximate surface area is 102 Å². The summed E-state index contributed by atoms with van der Waals surface area (Å²) in [7, 11) is 5.43. The summed E-state index contributed by atoms with van der Waals surface area (Å²) in [5.41, 5.74) is 0.439. The Morgan fingerprint density at radius 3 is 2.88 bits per heavy atom. The van der Waals surface area contributed by atoms with Crippen molar-refractivity contribution in [3.05, 3.63) is 23.9 Å². The number of nitrogens with zero attached hydrogens (tertiary/aromatic N) is 2. The highest BCUT2D eigenvalue weighted by Crippen LogP contribution is 2.07. The summed E-state index contributed by atoms with van der Waals surface area (Å²) in [6.45, 7) is 1.24. The van der Waals surface area contributed by atoms with E-state index in [4.69, 9.17) is 4.74 Å². The van der Waals surface area contributed by atoms with Crippen molar-refractivity contribution >= 4 is 11.7 Å². The van der Waals surface area contributed by atoms with E-state index in [2.05, 4.69) is 10.3 Å². The van der Waals surface area contributed by atoms with Gasteiger partial charge in [0.2, 0.25) is 0 Å². The minimum Gasteiger partial charge on any atom is -0.385 e. The second-order valence-electron chi connectivity index (χ2n) is 3.88. The third kappa shape index (κ3) is 4.40. The number of carbonyl (C=O) groups is 1. The summed E-state index contributed by atoms with van der Waals surface area (Å²) >= 11 is 0. The summed E-state index contributed by atoms with van der Waals surface area (Å²) in [5, 5.41) is 2.80. The first-order valence-corrected chi connectivity index (χ1v) is 5.56. The third-order valence-electron chi connectivity index (χ3n) is 2.24. The van der Waals surface area contributed by atoms with Crippen LogP contribution in [0.1, 0.15) is 16.9 Å². The number of hydrogen-bond acceptors (Lipinski definition) is 4. The summed E-state index contributed by atoms with van der Waals surface area (Å²) < 4.78 is 4.91. The predicted molar refractivity (Wildman–Crippen MR) is 67.4 cm³/mol. The minimum absolute atomic E-state index is 0.148. The van der Waals surface area contributed by atoms with Crippen LogP contribution in [0.15, 0.2) is 18.2 Å². The molecule has 0 aliphatic heterocycles. The lowest BCUT2D eigenvalue weighted by Gasteiger charge is -2.12. The molecule has 0 saturated heterocycles. The van der Waals surface area contributed by atoms with Crippen molar-refractivity contribution in [2.45, 2.75) is 6.42 Å². The lowest BCUT2D eigenvalue weighted by Crippen LogP contribution is -2.26. The molecule has 0 bridgehead atoms. The molecule has 5 nitrogen and oxygen atoms in total. The highest BCUT2D eigenvalue weighted by atomic mass is 16.5. The third-order valence-corrected chi connectivity index (χ3v) is 2.24. The van der Waals surface area contributed by atoms with Crippen molar-refractivity contribution in [1.82, 2.24) is 10.3 Å². The quantitative estimate of drug-likeness (QED) is 0.747. The van der Waals surface area contributed by atoms with Gasteiger partial charge in [0, 0.05) is 34.4 Å². The van der Waals surface area contributed by atoms with Crippen LogP contribution in [0.5, 0.6) is 0 Å². The van der Waals surface area contributed by atoms with Crippen molar-refractivity contribution < 1.29 is 9.53 Å². The number of hydrogen-bond donors (Lipinski definition) is 1. The van der Waals surface area contributed by atoms with Gasteiger partial charge in [-0.1, -0.05) is 6.07 Å². The van der Waals surface area contributed by atoms with Crippen LogP contribution in [0.3, 0.4) is 0 Å². The van der Waals surface area contributed by atoms with Gasteiger partial charge in [-0.05, 0) is 18.6 Å². The van der Waals surface area contributed by atoms with Gasteiger partial charge in [-0.25, -0.2) is 4.98 Å². The zero-order valence-corrected chi connectivity index (χ0v) is 10.6. The monoisotopic (exact) mass is 237 g/mol. The number of methoxy groups -OCH3 is 1. The lowest BCUT2D eigenvalue weighted by molar-refractivity contribution is 0.0944. The van der Waals surface area contributed by atoms with Gasteiger partial charge in [-0.2, -0.15) is 0 Å². The first kappa shape index (κ1) is 13.4. The van der Waals surface area contributed by atoms with E-state index in [1.54, 1.807) is 13.2 Å². The molecule has 1 aromatic heterocycles. The van der Waals surface area contributed by atoms with E-state index in [1.807, 2.05) is 31.1 Å². The Morgan fingerprint density at radius 2 is 2.24 bits per heavy atom. The maximum atomic E-state index is 11.7. The molecule has 0 atom stereocenters. The first-order chi connectivity index (χ1) is 8.15. The van der Waals surface area contributed by atoms with Gasteiger partial charge in [0.15, 0.2) is 0 Å². The fourth-order valence-corrected chi connectivity index (χ4v) is 1.31. The Hall–Kier alpha value is -1.62. The summed E-state index contributed by atoms with van der Waals surface area (Å²) in [6.07, 6.45) is 0.801. The molecule has 1 aromatic rings. The van der Waals surface area contributed by atoms with Crippen LogP contribution in [0.2, 0.25) is 0 Å². The van der Waals surface area contributed by atoms with E-state index in [0.29, 0.717) is 18.8 Å². The molecular formula is C12H19N3O2. The number of nitrogens with one attached hydrogen (secondary N) is 1. The zero-order chi connectivity index (χ0) is 12.7. The van der Waals surface area contributed by atoms with E-state index < -0.39 is 0 Å². The molecule has 0 aromatic carbocycles. The summed E-state index contributed by atoms with van der Waals surface area (Å²) in [4.78, 5) is 17.9. The normalized spacial score (nSPS) is 10.1. The van der Waals surface area contributed by atoms with Gasteiger partial charge in [0.05, 0.1) is 0 Å². The molecule has 0 aliphatic carbocycles. The van der Waals surface area contributed by atoms with Crippen molar-refractivity contribution in [3.8, 4) is 0 Å². The van der Waals surface area contributed by atoms with Crippen LogP contribution >= 0.6 is 0 Å². The number of rotatable bonds is 6. The highest BCUT2D eigenvalue weighted by Gasteiger charge is 2.07. The number of amides is 1. The topological polar surface area (TPSA) is 54.5 Å². The predicted octanol–water partition coefficient (Wildman–Crippen LogP) is 0.914. The van der Waals surface area contributed by atoms with Crippen LogP contribution in [0.25, 0.3) is 0 Å². The number of aromatic nitrogens is 1. The molecule has 94 valence electrons. The van der Waals surface area contributed by atoms with Gasteiger partial charge in [-0.3, -0.25) is 4.79 Å². The zero-order valence-electron chi connectivity index (χ0n) is 10.6. The second-order valence-corrected chi connectivity index (χ2v) is 3.88. The van der Waals surface area contributed by atoms with Crippen LogP contribution in [0.4, 0.5) is 5.82 Å². The lowest BCUT2D eigenvalue weighted by atomic mass is 10.3. The number of ether oxygens (including phenoxy) is 1. The van der Waals surface area contributed by atoms with Gasteiger partial charge in [0.25, 0.3) is 5.91 Å². The molecule has 0 unspecified atom stereocenters. The molecular weight excluding hydrogens is 218 g/mol. The van der Waals surface area contributed by atoms with Crippen LogP contribution in [0, 0.1) is 0 Å². The van der Waals surface area contributed by atoms with Crippen LogP contribution in [-0.4, -0.2) is 45.2 Å². The molecule has 5 heteroatoms. The molecule has 17 heavy (non-hydrogen) atoms. The minimum atomic E-state index is -0.148. The fourth-order valence-electron chi connectivity index (χ4n) is 1.31. The van der Waals surface area contributed by atoms with Crippen molar-refractivity contribution in [2.24, 2.45) is 0 Å². The van der Waals surface area contributed by atoms with Gasteiger partial charge < -0.3 is 15.0 Å². The fraction of sp³-hybridized carbons (Fsp3) is 0.500. The molecule has 1 heterocycles. The van der Waals surface area contributed by atoms with E-state index in [1.165, 1.54) is 0 Å². The smallest absolute Gasteiger partial charge is 0.269 e. The van der Waals surface area contributed by atoms with Gasteiger partial charge >= 0.3 is 0 Å². The molecule has 0 spiro atoms. The molecule has 0 saturated carbocycles. The second kappa shape index (κ2) is 6.85. The van der Waals surface area contributed by atoms with E-state index >= 15 is 0 Å². The molecule has 0 aliphatic rings. The Kier molecular flexibility index (Phi) is 5.42. The Balaban J connectivity index is 2.53. The first-order valence-electron chi connectivity index (χ1n) is 5.56. The molecule has 1 amide bonds. The molecule has 1 rings (SSSR count). The number of carbonyl (C=O) groups excluding carboxylic acids is 1. The van der Waals surface area contributed by atoms with Crippen molar-refractivity contribution in [3.63, 3.8) is 0 Å². The van der Waals surface area contributed by atoms with Gasteiger partial charge in [0.1, 0.15) is 11.5 Å². The maximum Gasteiger partial charge on any atom is 0.269 e. The average Bonchev–Trinajstić information content (AvgIpc) is 2.34. The Bertz CT molecular complexity index is 367. The van der Waals surface area contributed by atoms with Crippen molar-refractivity contribution in [1.29, 1.82) is 0 Å². The molecule has 0 radical (unpaired) electrons. The van der Waals surface area contributed by atoms with Gasteiger partial charge in [-0.15, -0.1) is 0 Å². The van der Waals surface area contributed by atoms with E-state index in [0.717, 1.165) is 12.2 Å². The van der Waals surface area contributed by atoms with E-state index in [9.17, 15) is 4.79 Å². The van der Waals surface area contributed by atoms with Crippen LogP contribution in [-0.2, 0) is 4.74 Å². The number of pyridine rings is 1. The molecule has 1 N–H and O–H groups in total. The molecule has 0 fully saturated rings. The SMILES string of the molecule is COCCCNC(=O)c1cccc(N(C)C)n1. The number of anilines is 1. The highest BCUT2D eigenvalue weighted by molar-refractivity contribution is 5.92. The average molecular weight is 237 g/mol. The van der Waals surface area contributed by atoms with Crippen molar-refractivity contribution in [2.75, 3.05) is 39.3 Å². The standard InChI is InChI=1S/C12H19N3O2/c1-15(2)11-7-4-6-10(14-11)12(16)13-8-5-9-17-3/h4,6-7H,5,8-9H2,1-3H3,(H,13,16).